The van der Waals surface area contributed by atoms with Crippen molar-refractivity contribution in [3.05, 3.63) is 24.4 Å². The molecular weight excluding hydrogens is 312 g/mol. The average Bonchev–Trinajstić information content (AvgIpc) is 3.21. The van der Waals surface area contributed by atoms with Crippen molar-refractivity contribution in [1.82, 2.24) is 20.1 Å². The highest BCUT2D eigenvalue weighted by atomic mass is 15.4. The topological polar surface area (TPSA) is 47.0 Å². The molecule has 0 unspecified atom stereocenters. The SMILES string of the molecule is CN=C(NCCN(C)C1CCCC1)N1CCN(c2ccccn2)CC1. The molecule has 1 saturated carbocycles. The molecule has 1 aromatic heterocycles. The molecule has 6 nitrogen and oxygen atoms in total. The van der Waals surface area contributed by atoms with Gasteiger partial charge >= 0.3 is 0 Å². The lowest BCUT2D eigenvalue weighted by molar-refractivity contribution is 0.248. The Balaban J connectivity index is 1.41. The first-order valence-corrected chi connectivity index (χ1v) is 9.60. The summed E-state index contributed by atoms with van der Waals surface area (Å²) in [4.78, 5) is 16.1. The molecule has 1 aliphatic heterocycles. The van der Waals surface area contributed by atoms with E-state index >= 15 is 0 Å². The molecule has 0 atom stereocenters. The lowest BCUT2D eigenvalue weighted by atomic mass is 10.2. The molecular formula is C19H32N6. The van der Waals surface area contributed by atoms with E-state index < -0.39 is 0 Å². The quantitative estimate of drug-likeness (QED) is 0.650. The largest absolute Gasteiger partial charge is 0.355 e. The zero-order valence-corrected chi connectivity index (χ0v) is 15.7. The number of aliphatic imine (C=N–C) groups is 1. The van der Waals surface area contributed by atoms with Gasteiger partial charge < -0.3 is 20.0 Å². The molecule has 2 aliphatic rings. The third kappa shape index (κ3) is 4.84. The second-order valence-electron chi connectivity index (χ2n) is 7.05. The standard InChI is InChI=1S/C19H32N6/c1-20-19(22-11-12-23(2)17-7-3-4-8-17)25-15-13-24(14-16-25)18-9-5-6-10-21-18/h5-6,9-10,17H,3-4,7-8,11-16H2,1-2H3,(H,20,22). The molecule has 0 bridgehead atoms. The molecule has 2 heterocycles. The smallest absolute Gasteiger partial charge is 0.193 e. The lowest BCUT2D eigenvalue weighted by Gasteiger charge is -2.37. The highest BCUT2D eigenvalue weighted by Gasteiger charge is 2.21. The first-order valence-electron chi connectivity index (χ1n) is 9.60. The highest BCUT2D eigenvalue weighted by Crippen LogP contribution is 2.21. The minimum absolute atomic E-state index is 0.783. The van der Waals surface area contributed by atoms with Crippen molar-refractivity contribution >= 4 is 11.8 Å². The number of hydrogen-bond acceptors (Lipinski definition) is 4. The second kappa shape index (κ2) is 9.04. The average molecular weight is 345 g/mol. The van der Waals surface area contributed by atoms with E-state index in [1.54, 1.807) is 0 Å². The molecule has 1 aromatic rings. The van der Waals surface area contributed by atoms with Gasteiger partial charge in [-0.2, -0.15) is 0 Å². The fourth-order valence-electron chi connectivity index (χ4n) is 3.89. The predicted octanol–water partition coefficient (Wildman–Crippen LogP) is 1.65. The number of anilines is 1. The summed E-state index contributed by atoms with van der Waals surface area (Å²) in [5.41, 5.74) is 0. The maximum absolute atomic E-state index is 4.48. The Morgan fingerprint density at radius 3 is 2.64 bits per heavy atom. The Kier molecular flexibility index (Phi) is 6.50. The van der Waals surface area contributed by atoms with Gasteiger partial charge in [-0.25, -0.2) is 4.98 Å². The van der Waals surface area contributed by atoms with Crippen molar-refractivity contribution in [2.24, 2.45) is 4.99 Å². The van der Waals surface area contributed by atoms with Gasteiger partial charge in [0.1, 0.15) is 5.82 Å². The van der Waals surface area contributed by atoms with Crippen molar-refractivity contribution in [2.45, 2.75) is 31.7 Å². The number of guanidine groups is 1. The van der Waals surface area contributed by atoms with Crippen LogP contribution in [0.1, 0.15) is 25.7 Å². The second-order valence-corrected chi connectivity index (χ2v) is 7.05. The number of piperazine rings is 1. The third-order valence-corrected chi connectivity index (χ3v) is 5.46. The molecule has 1 N–H and O–H groups in total. The maximum Gasteiger partial charge on any atom is 0.193 e. The van der Waals surface area contributed by atoms with E-state index in [2.05, 4.69) is 49.2 Å². The van der Waals surface area contributed by atoms with Crippen LogP contribution in [0, 0.1) is 0 Å². The first kappa shape index (κ1) is 18.0. The van der Waals surface area contributed by atoms with Gasteiger partial charge in [0.25, 0.3) is 0 Å². The number of rotatable bonds is 5. The lowest BCUT2D eigenvalue weighted by Crippen LogP contribution is -2.53. The van der Waals surface area contributed by atoms with Gasteiger partial charge in [-0.15, -0.1) is 0 Å². The van der Waals surface area contributed by atoms with Gasteiger partial charge in [-0.1, -0.05) is 18.9 Å². The van der Waals surface area contributed by atoms with Crippen LogP contribution in [-0.2, 0) is 0 Å². The van der Waals surface area contributed by atoms with E-state index in [1.165, 1.54) is 25.7 Å². The van der Waals surface area contributed by atoms with Gasteiger partial charge in [-0.3, -0.25) is 4.99 Å². The van der Waals surface area contributed by atoms with Crippen molar-refractivity contribution in [3.8, 4) is 0 Å². The Hall–Kier alpha value is -1.82. The fourth-order valence-corrected chi connectivity index (χ4v) is 3.89. The maximum atomic E-state index is 4.48. The fraction of sp³-hybridized carbons (Fsp3) is 0.684. The summed E-state index contributed by atoms with van der Waals surface area (Å²) in [6, 6.07) is 6.89. The predicted molar refractivity (Wildman–Crippen MR) is 104 cm³/mol. The third-order valence-electron chi connectivity index (χ3n) is 5.46. The van der Waals surface area contributed by atoms with Crippen molar-refractivity contribution < 1.29 is 0 Å². The van der Waals surface area contributed by atoms with Crippen LogP contribution in [-0.4, -0.2) is 80.1 Å². The van der Waals surface area contributed by atoms with Crippen LogP contribution in [0.5, 0.6) is 0 Å². The van der Waals surface area contributed by atoms with E-state index in [-0.39, 0.29) is 0 Å². The molecule has 2 fully saturated rings. The molecule has 25 heavy (non-hydrogen) atoms. The minimum atomic E-state index is 0.783. The van der Waals surface area contributed by atoms with Crippen LogP contribution in [0.4, 0.5) is 5.82 Å². The Morgan fingerprint density at radius 2 is 2.00 bits per heavy atom. The number of aromatic nitrogens is 1. The zero-order chi connectivity index (χ0) is 17.5. The molecule has 1 saturated heterocycles. The number of likely N-dealkylation sites (N-methyl/N-ethyl adjacent to an activating group) is 1. The van der Waals surface area contributed by atoms with E-state index in [0.29, 0.717) is 0 Å². The monoisotopic (exact) mass is 344 g/mol. The Labute approximate surface area is 151 Å². The van der Waals surface area contributed by atoms with Crippen LogP contribution in [0.15, 0.2) is 29.4 Å². The number of nitrogens with one attached hydrogen (secondary N) is 1. The summed E-state index contributed by atoms with van der Waals surface area (Å²) < 4.78 is 0. The summed E-state index contributed by atoms with van der Waals surface area (Å²) in [7, 11) is 4.14. The highest BCUT2D eigenvalue weighted by molar-refractivity contribution is 5.80. The molecule has 0 aromatic carbocycles. The van der Waals surface area contributed by atoms with Crippen molar-refractivity contribution in [1.29, 1.82) is 0 Å². The molecule has 0 radical (unpaired) electrons. The molecule has 0 amide bonds. The molecule has 6 heteroatoms. The molecule has 1 aliphatic carbocycles. The Morgan fingerprint density at radius 1 is 1.24 bits per heavy atom. The van der Waals surface area contributed by atoms with Crippen LogP contribution < -0.4 is 10.2 Å². The summed E-state index contributed by atoms with van der Waals surface area (Å²) in [6.07, 6.45) is 7.37. The molecule has 0 spiro atoms. The van der Waals surface area contributed by atoms with Gasteiger partial charge in [-0.05, 0) is 32.0 Å². The number of pyridine rings is 1. The van der Waals surface area contributed by atoms with Crippen LogP contribution >= 0.6 is 0 Å². The minimum Gasteiger partial charge on any atom is -0.355 e. The number of nitrogens with zero attached hydrogens (tertiary/aromatic N) is 5. The van der Waals surface area contributed by atoms with Crippen molar-refractivity contribution in [2.75, 3.05) is 58.3 Å². The van der Waals surface area contributed by atoms with E-state index in [4.69, 9.17) is 0 Å². The van der Waals surface area contributed by atoms with Gasteiger partial charge in [0.15, 0.2) is 5.96 Å². The summed E-state index contributed by atoms with van der Waals surface area (Å²) in [5, 5.41) is 3.55. The summed E-state index contributed by atoms with van der Waals surface area (Å²) >= 11 is 0. The van der Waals surface area contributed by atoms with Gasteiger partial charge in [0.05, 0.1) is 0 Å². The van der Waals surface area contributed by atoms with E-state index in [9.17, 15) is 0 Å². The van der Waals surface area contributed by atoms with Gasteiger partial charge in [0.2, 0.25) is 0 Å². The van der Waals surface area contributed by atoms with Gasteiger partial charge in [0, 0.05) is 58.6 Å². The first-order chi connectivity index (χ1) is 12.3. The zero-order valence-electron chi connectivity index (χ0n) is 15.7. The van der Waals surface area contributed by atoms with Crippen LogP contribution in [0.3, 0.4) is 0 Å². The summed E-state index contributed by atoms with van der Waals surface area (Å²) in [5.74, 6) is 2.10. The molecule has 3 rings (SSSR count). The molecule has 138 valence electrons. The van der Waals surface area contributed by atoms with Crippen molar-refractivity contribution in [3.63, 3.8) is 0 Å². The van der Waals surface area contributed by atoms with E-state index in [0.717, 1.165) is 57.1 Å². The van der Waals surface area contributed by atoms with E-state index in [1.807, 2.05) is 19.3 Å². The van der Waals surface area contributed by atoms with Crippen LogP contribution in [0.2, 0.25) is 0 Å². The van der Waals surface area contributed by atoms with Crippen LogP contribution in [0.25, 0.3) is 0 Å². The Bertz CT molecular complexity index is 532. The number of hydrogen-bond donors (Lipinski definition) is 1. The summed E-state index contributed by atoms with van der Waals surface area (Å²) in [6.45, 7) is 5.97. The normalized spacial score (nSPS) is 19.7.